The number of carbonyl (C=O) groups is 2. The van der Waals surface area contributed by atoms with Gasteiger partial charge in [0.2, 0.25) is 5.91 Å². The minimum absolute atomic E-state index is 0.00120. The van der Waals surface area contributed by atoms with Crippen LogP contribution >= 0.6 is 0 Å². The minimum atomic E-state index is -0.161. The molecular formula is C16H23N3O2. The van der Waals surface area contributed by atoms with Gasteiger partial charge in [-0.05, 0) is 51.9 Å². The van der Waals surface area contributed by atoms with Crippen LogP contribution in [-0.2, 0) is 4.79 Å². The van der Waals surface area contributed by atoms with Crippen molar-refractivity contribution < 1.29 is 9.59 Å². The van der Waals surface area contributed by atoms with Crippen LogP contribution in [0, 0.1) is 5.92 Å². The second-order valence-corrected chi connectivity index (χ2v) is 5.69. The van der Waals surface area contributed by atoms with Crippen molar-refractivity contribution in [2.24, 2.45) is 5.92 Å². The first kappa shape index (κ1) is 15.5. The van der Waals surface area contributed by atoms with Gasteiger partial charge in [0.1, 0.15) is 0 Å². The van der Waals surface area contributed by atoms with Crippen LogP contribution < -0.4 is 16.0 Å². The number of benzene rings is 1. The van der Waals surface area contributed by atoms with Gasteiger partial charge in [0, 0.05) is 12.0 Å². The molecule has 0 saturated carbocycles. The summed E-state index contributed by atoms with van der Waals surface area (Å²) in [6, 6.07) is 7.19. The quantitative estimate of drug-likeness (QED) is 0.791. The molecule has 2 rings (SSSR count). The molecular weight excluding hydrogens is 266 g/mol. The molecule has 1 heterocycles. The molecule has 1 saturated heterocycles. The molecule has 0 unspecified atom stereocenters. The summed E-state index contributed by atoms with van der Waals surface area (Å²) in [6.45, 7) is 5.56. The predicted molar refractivity (Wildman–Crippen MR) is 83.3 cm³/mol. The highest BCUT2D eigenvalue weighted by Gasteiger charge is 2.22. The van der Waals surface area contributed by atoms with E-state index in [2.05, 4.69) is 16.0 Å². The number of carbonyl (C=O) groups excluding carboxylic acids is 2. The summed E-state index contributed by atoms with van der Waals surface area (Å²) in [5.41, 5.74) is 1.09. The van der Waals surface area contributed by atoms with E-state index in [0.717, 1.165) is 25.9 Å². The topological polar surface area (TPSA) is 70.2 Å². The molecule has 1 aromatic rings. The Morgan fingerprint density at radius 2 is 1.86 bits per heavy atom. The monoisotopic (exact) mass is 289 g/mol. The first-order valence-corrected chi connectivity index (χ1v) is 7.49. The Kier molecular flexibility index (Phi) is 5.33. The molecule has 1 fully saturated rings. The maximum atomic E-state index is 12.3. The SMILES string of the molecule is CC(C)NC(=O)c1ccccc1NC(=O)C1CCNCC1. The zero-order valence-electron chi connectivity index (χ0n) is 12.6. The van der Waals surface area contributed by atoms with E-state index >= 15 is 0 Å². The van der Waals surface area contributed by atoms with Gasteiger partial charge in [0.15, 0.2) is 0 Å². The Balaban J connectivity index is 2.08. The lowest BCUT2D eigenvalue weighted by molar-refractivity contribution is -0.120. The number of nitrogens with one attached hydrogen (secondary N) is 3. The molecule has 0 atom stereocenters. The first-order valence-electron chi connectivity index (χ1n) is 7.49. The van der Waals surface area contributed by atoms with Crippen molar-refractivity contribution in [3.63, 3.8) is 0 Å². The number of anilines is 1. The molecule has 1 aromatic carbocycles. The van der Waals surface area contributed by atoms with Crippen LogP contribution in [0.2, 0.25) is 0 Å². The average molecular weight is 289 g/mol. The van der Waals surface area contributed by atoms with Gasteiger partial charge in [0.05, 0.1) is 11.3 Å². The van der Waals surface area contributed by atoms with Crippen LogP contribution in [0.25, 0.3) is 0 Å². The van der Waals surface area contributed by atoms with Crippen molar-refractivity contribution in [3.8, 4) is 0 Å². The predicted octanol–water partition coefficient (Wildman–Crippen LogP) is 1.76. The number of hydrogen-bond donors (Lipinski definition) is 3. The van der Waals surface area contributed by atoms with Gasteiger partial charge < -0.3 is 16.0 Å². The lowest BCUT2D eigenvalue weighted by Crippen LogP contribution is -2.35. The van der Waals surface area contributed by atoms with Crippen molar-refractivity contribution in [1.29, 1.82) is 0 Å². The molecule has 5 nitrogen and oxygen atoms in total. The molecule has 5 heteroatoms. The molecule has 1 aliphatic rings. The van der Waals surface area contributed by atoms with Crippen molar-refractivity contribution in [3.05, 3.63) is 29.8 Å². The van der Waals surface area contributed by atoms with Crippen molar-refractivity contribution in [2.75, 3.05) is 18.4 Å². The maximum absolute atomic E-state index is 12.3. The van der Waals surface area contributed by atoms with Crippen LogP contribution in [0.3, 0.4) is 0 Å². The van der Waals surface area contributed by atoms with E-state index in [1.54, 1.807) is 18.2 Å². The second-order valence-electron chi connectivity index (χ2n) is 5.69. The van der Waals surface area contributed by atoms with E-state index in [1.165, 1.54) is 0 Å². The van der Waals surface area contributed by atoms with E-state index in [4.69, 9.17) is 0 Å². The summed E-state index contributed by atoms with van der Waals surface area (Å²) in [5.74, 6) is -0.139. The van der Waals surface area contributed by atoms with Crippen molar-refractivity contribution >= 4 is 17.5 Å². The third kappa shape index (κ3) is 4.29. The molecule has 0 radical (unpaired) electrons. The zero-order chi connectivity index (χ0) is 15.2. The highest BCUT2D eigenvalue weighted by atomic mass is 16.2. The van der Waals surface area contributed by atoms with Gasteiger partial charge >= 0.3 is 0 Å². The molecule has 3 N–H and O–H groups in total. The Hall–Kier alpha value is -1.88. The zero-order valence-corrected chi connectivity index (χ0v) is 12.6. The smallest absolute Gasteiger partial charge is 0.253 e. The summed E-state index contributed by atoms with van der Waals surface area (Å²) >= 11 is 0. The Morgan fingerprint density at radius 1 is 1.19 bits per heavy atom. The summed E-state index contributed by atoms with van der Waals surface area (Å²) in [4.78, 5) is 24.5. The number of amides is 2. The van der Waals surface area contributed by atoms with Gasteiger partial charge in [-0.1, -0.05) is 12.1 Å². The number of rotatable bonds is 4. The van der Waals surface area contributed by atoms with E-state index in [9.17, 15) is 9.59 Å². The molecule has 0 spiro atoms. The van der Waals surface area contributed by atoms with Crippen LogP contribution in [0.1, 0.15) is 37.0 Å². The highest BCUT2D eigenvalue weighted by Crippen LogP contribution is 2.19. The van der Waals surface area contributed by atoms with E-state index in [0.29, 0.717) is 11.3 Å². The third-order valence-electron chi connectivity index (χ3n) is 3.56. The Bertz CT molecular complexity index is 508. The van der Waals surface area contributed by atoms with Crippen LogP contribution in [0.5, 0.6) is 0 Å². The number of para-hydroxylation sites is 1. The van der Waals surface area contributed by atoms with Gasteiger partial charge in [-0.15, -0.1) is 0 Å². The normalized spacial score (nSPS) is 15.8. The van der Waals surface area contributed by atoms with Crippen LogP contribution in [0.15, 0.2) is 24.3 Å². The third-order valence-corrected chi connectivity index (χ3v) is 3.56. The lowest BCUT2D eigenvalue weighted by Gasteiger charge is -2.22. The molecule has 21 heavy (non-hydrogen) atoms. The molecule has 0 aliphatic carbocycles. The fraction of sp³-hybridized carbons (Fsp3) is 0.500. The first-order chi connectivity index (χ1) is 10.1. The van der Waals surface area contributed by atoms with Gasteiger partial charge in [-0.2, -0.15) is 0 Å². The Morgan fingerprint density at radius 3 is 2.52 bits per heavy atom. The van der Waals surface area contributed by atoms with Gasteiger partial charge in [-0.3, -0.25) is 9.59 Å². The van der Waals surface area contributed by atoms with Crippen molar-refractivity contribution in [1.82, 2.24) is 10.6 Å². The summed E-state index contributed by atoms with van der Waals surface area (Å²) in [6.07, 6.45) is 1.68. The molecule has 0 bridgehead atoms. The maximum Gasteiger partial charge on any atom is 0.253 e. The largest absolute Gasteiger partial charge is 0.350 e. The lowest BCUT2D eigenvalue weighted by atomic mass is 9.97. The fourth-order valence-electron chi connectivity index (χ4n) is 2.45. The summed E-state index contributed by atoms with van der Waals surface area (Å²) < 4.78 is 0. The molecule has 114 valence electrons. The standard InChI is InChI=1S/C16H23N3O2/c1-11(2)18-16(21)13-5-3-4-6-14(13)19-15(20)12-7-9-17-10-8-12/h3-6,11-12,17H,7-10H2,1-2H3,(H,18,21)(H,19,20). The van der Waals surface area contributed by atoms with Crippen LogP contribution in [0.4, 0.5) is 5.69 Å². The van der Waals surface area contributed by atoms with Gasteiger partial charge in [-0.25, -0.2) is 0 Å². The number of piperidine rings is 1. The molecule has 2 amide bonds. The highest BCUT2D eigenvalue weighted by molar-refractivity contribution is 6.04. The average Bonchev–Trinajstić information content (AvgIpc) is 2.48. The van der Waals surface area contributed by atoms with Crippen molar-refractivity contribution in [2.45, 2.75) is 32.7 Å². The van der Waals surface area contributed by atoms with E-state index in [1.807, 2.05) is 19.9 Å². The van der Waals surface area contributed by atoms with E-state index in [-0.39, 0.29) is 23.8 Å². The van der Waals surface area contributed by atoms with Crippen LogP contribution in [-0.4, -0.2) is 30.9 Å². The number of hydrogen-bond acceptors (Lipinski definition) is 3. The van der Waals surface area contributed by atoms with E-state index < -0.39 is 0 Å². The molecule has 1 aliphatic heterocycles. The van der Waals surface area contributed by atoms with Gasteiger partial charge in [0.25, 0.3) is 5.91 Å². The fourth-order valence-corrected chi connectivity index (χ4v) is 2.45. The second kappa shape index (κ2) is 7.22. The minimum Gasteiger partial charge on any atom is -0.350 e. The summed E-state index contributed by atoms with van der Waals surface area (Å²) in [7, 11) is 0. The Labute approximate surface area is 125 Å². The summed E-state index contributed by atoms with van der Waals surface area (Å²) in [5, 5.41) is 9.00. The molecule has 0 aromatic heterocycles.